The van der Waals surface area contributed by atoms with Gasteiger partial charge in [0.05, 0.1) is 18.2 Å². The van der Waals surface area contributed by atoms with Gasteiger partial charge >= 0.3 is 0 Å². The zero-order valence-electron chi connectivity index (χ0n) is 10.1. The molecule has 18 heavy (non-hydrogen) atoms. The van der Waals surface area contributed by atoms with Crippen LogP contribution in [0.3, 0.4) is 0 Å². The molecule has 0 aromatic heterocycles. The molecule has 0 bridgehead atoms. The van der Waals surface area contributed by atoms with E-state index in [1.54, 1.807) is 12.1 Å². The molecule has 0 fully saturated rings. The van der Waals surface area contributed by atoms with E-state index >= 15 is 0 Å². The zero-order chi connectivity index (χ0) is 13.5. The third-order valence-corrected chi connectivity index (χ3v) is 2.38. The smallest absolute Gasteiger partial charge is 0.150 e. The van der Waals surface area contributed by atoms with Crippen molar-refractivity contribution in [3.05, 3.63) is 42.0 Å². The zero-order valence-corrected chi connectivity index (χ0v) is 10.1. The fourth-order valence-corrected chi connectivity index (χ4v) is 1.58. The Morgan fingerprint density at radius 3 is 2.50 bits per heavy atom. The largest absolute Gasteiger partial charge is 0.383 e. The maximum absolute atomic E-state index is 13.8. The Morgan fingerprint density at radius 1 is 1.44 bits per heavy atom. The van der Waals surface area contributed by atoms with E-state index in [1.807, 2.05) is 0 Å². The standard InChI is InChI=1S/C13H14F2N2O/c1-3-4-17(5-6-18-2)13-11(14)7-10(9-16)8-12(13)15/h3,7-8H,1,4-6H2,2H3. The molecule has 5 heteroatoms. The first-order valence-corrected chi connectivity index (χ1v) is 5.38. The second kappa shape index (κ2) is 6.72. The van der Waals surface area contributed by atoms with E-state index < -0.39 is 11.6 Å². The van der Waals surface area contributed by atoms with Crippen LogP contribution in [-0.2, 0) is 4.74 Å². The Kier molecular flexibility index (Phi) is 5.28. The Hall–Kier alpha value is -1.93. The van der Waals surface area contributed by atoms with Gasteiger partial charge in [-0.15, -0.1) is 6.58 Å². The molecule has 96 valence electrons. The Bertz CT molecular complexity index is 446. The van der Waals surface area contributed by atoms with Crippen molar-refractivity contribution in [2.45, 2.75) is 0 Å². The highest BCUT2D eigenvalue weighted by Gasteiger charge is 2.17. The summed E-state index contributed by atoms with van der Waals surface area (Å²) in [4.78, 5) is 1.47. The van der Waals surface area contributed by atoms with Gasteiger partial charge in [0.2, 0.25) is 0 Å². The van der Waals surface area contributed by atoms with E-state index in [9.17, 15) is 8.78 Å². The molecule has 1 rings (SSSR count). The molecule has 0 amide bonds. The summed E-state index contributed by atoms with van der Waals surface area (Å²) in [5.74, 6) is -1.52. The van der Waals surface area contributed by atoms with E-state index in [0.29, 0.717) is 19.7 Å². The maximum atomic E-state index is 13.8. The lowest BCUT2D eigenvalue weighted by Gasteiger charge is -2.24. The number of nitriles is 1. The molecule has 0 heterocycles. The van der Waals surface area contributed by atoms with Gasteiger partial charge in [0.25, 0.3) is 0 Å². The number of halogens is 2. The second-order valence-corrected chi connectivity index (χ2v) is 3.63. The number of benzene rings is 1. The Morgan fingerprint density at radius 2 is 2.06 bits per heavy atom. The monoisotopic (exact) mass is 252 g/mol. The molecule has 0 atom stereocenters. The van der Waals surface area contributed by atoms with Gasteiger partial charge in [0.1, 0.15) is 5.69 Å². The van der Waals surface area contributed by atoms with Gasteiger partial charge in [-0.3, -0.25) is 0 Å². The van der Waals surface area contributed by atoms with Gasteiger partial charge in [-0.1, -0.05) is 6.08 Å². The van der Waals surface area contributed by atoms with Crippen LogP contribution in [0.5, 0.6) is 0 Å². The maximum Gasteiger partial charge on any atom is 0.150 e. The molecule has 0 unspecified atom stereocenters. The Balaban J connectivity index is 3.11. The molecule has 0 radical (unpaired) electrons. The quantitative estimate of drug-likeness (QED) is 0.730. The summed E-state index contributed by atoms with van der Waals surface area (Å²) in [5.41, 5.74) is -0.204. The minimum Gasteiger partial charge on any atom is -0.383 e. The third-order valence-electron chi connectivity index (χ3n) is 2.38. The van der Waals surface area contributed by atoms with Crippen LogP contribution in [0.1, 0.15) is 5.56 Å². The molecule has 0 aliphatic heterocycles. The van der Waals surface area contributed by atoms with Crippen molar-refractivity contribution in [3.63, 3.8) is 0 Å². The van der Waals surface area contributed by atoms with Crippen molar-refractivity contribution in [1.82, 2.24) is 0 Å². The molecule has 0 aliphatic carbocycles. The van der Waals surface area contributed by atoms with Crippen molar-refractivity contribution >= 4 is 5.69 Å². The van der Waals surface area contributed by atoms with Crippen LogP contribution in [0, 0.1) is 23.0 Å². The number of rotatable bonds is 6. The summed E-state index contributed by atoms with van der Waals surface area (Å²) < 4.78 is 32.5. The molecule has 3 nitrogen and oxygen atoms in total. The van der Waals surface area contributed by atoms with Crippen LogP contribution in [0.2, 0.25) is 0 Å². The Labute approximate surface area is 105 Å². The number of hydrogen-bond donors (Lipinski definition) is 0. The van der Waals surface area contributed by atoms with Crippen molar-refractivity contribution in [1.29, 1.82) is 5.26 Å². The lowest BCUT2D eigenvalue weighted by molar-refractivity contribution is 0.205. The first kappa shape index (κ1) is 14.1. The van der Waals surface area contributed by atoms with Crippen molar-refractivity contribution in [2.24, 2.45) is 0 Å². The molecule has 1 aromatic rings. The average Bonchev–Trinajstić information content (AvgIpc) is 2.34. The van der Waals surface area contributed by atoms with Crippen LogP contribution in [-0.4, -0.2) is 26.8 Å². The fraction of sp³-hybridized carbons (Fsp3) is 0.308. The summed E-state index contributed by atoms with van der Waals surface area (Å²) in [6.45, 7) is 4.52. The van der Waals surface area contributed by atoms with E-state index in [-0.39, 0.29) is 11.3 Å². The number of hydrogen-bond acceptors (Lipinski definition) is 3. The molecule has 0 N–H and O–H groups in total. The van der Waals surface area contributed by atoms with Gasteiger partial charge in [0, 0.05) is 20.2 Å². The summed E-state index contributed by atoms with van der Waals surface area (Å²) in [6, 6.07) is 3.74. The first-order chi connectivity index (χ1) is 8.63. The van der Waals surface area contributed by atoms with Crippen LogP contribution < -0.4 is 4.90 Å². The lowest BCUT2D eigenvalue weighted by Crippen LogP contribution is -2.29. The van der Waals surface area contributed by atoms with Crippen LogP contribution in [0.4, 0.5) is 14.5 Å². The number of methoxy groups -OCH3 is 1. The molecule has 1 aromatic carbocycles. The van der Waals surface area contributed by atoms with Gasteiger partial charge in [0.15, 0.2) is 11.6 Å². The van der Waals surface area contributed by atoms with E-state index in [4.69, 9.17) is 10.00 Å². The van der Waals surface area contributed by atoms with Gasteiger partial charge in [-0.05, 0) is 12.1 Å². The van der Waals surface area contributed by atoms with Gasteiger partial charge in [-0.25, -0.2) is 8.78 Å². The molecule has 0 saturated carbocycles. The predicted octanol–water partition coefficient (Wildman–Crippen LogP) is 2.48. The first-order valence-electron chi connectivity index (χ1n) is 5.38. The molecular formula is C13H14F2N2O. The van der Waals surface area contributed by atoms with Gasteiger partial charge in [-0.2, -0.15) is 5.26 Å². The van der Waals surface area contributed by atoms with Crippen molar-refractivity contribution < 1.29 is 13.5 Å². The number of nitrogens with zero attached hydrogens (tertiary/aromatic N) is 2. The highest BCUT2D eigenvalue weighted by atomic mass is 19.1. The fourth-order valence-electron chi connectivity index (χ4n) is 1.58. The molecule has 0 spiro atoms. The number of ether oxygens (including phenoxy) is 1. The van der Waals surface area contributed by atoms with E-state index in [0.717, 1.165) is 12.1 Å². The summed E-state index contributed by atoms with van der Waals surface area (Å²) in [5, 5.41) is 8.63. The summed E-state index contributed by atoms with van der Waals surface area (Å²) >= 11 is 0. The van der Waals surface area contributed by atoms with Crippen LogP contribution in [0.25, 0.3) is 0 Å². The van der Waals surface area contributed by atoms with Crippen molar-refractivity contribution in [2.75, 3.05) is 31.7 Å². The van der Waals surface area contributed by atoms with Crippen LogP contribution >= 0.6 is 0 Å². The van der Waals surface area contributed by atoms with Crippen molar-refractivity contribution in [3.8, 4) is 6.07 Å². The minimum atomic E-state index is -0.760. The second-order valence-electron chi connectivity index (χ2n) is 3.63. The molecular weight excluding hydrogens is 238 g/mol. The van der Waals surface area contributed by atoms with Gasteiger partial charge < -0.3 is 9.64 Å². The lowest BCUT2D eigenvalue weighted by atomic mass is 10.2. The molecule has 0 aliphatic rings. The summed E-state index contributed by atoms with van der Waals surface area (Å²) in [6.07, 6.45) is 1.55. The predicted molar refractivity (Wildman–Crippen MR) is 65.4 cm³/mol. The summed E-state index contributed by atoms with van der Waals surface area (Å²) in [7, 11) is 1.51. The normalized spacial score (nSPS) is 9.89. The third kappa shape index (κ3) is 3.28. The van der Waals surface area contributed by atoms with E-state index in [1.165, 1.54) is 12.0 Å². The van der Waals surface area contributed by atoms with Crippen LogP contribution in [0.15, 0.2) is 24.8 Å². The topological polar surface area (TPSA) is 36.3 Å². The molecule has 0 saturated heterocycles. The average molecular weight is 252 g/mol. The van der Waals surface area contributed by atoms with E-state index in [2.05, 4.69) is 6.58 Å². The SMILES string of the molecule is C=CCN(CCOC)c1c(F)cc(C#N)cc1F. The highest BCUT2D eigenvalue weighted by molar-refractivity contribution is 5.53. The minimum absolute atomic E-state index is 0.0426. The number of anilines is 1. The highest BCUT2D eigenvalue weighted by Crippen LogP contribution is 2.24.